The zero-order valence-electron chi connectivity index (χ0n) is 18.4. The van der Waals surface area contributed by atoms with Crippen LogP contribution >= 0.6 is 0 Å². The molecular weight excluding hydrogens is 366 g/mol. The zero-order chi connectivity index (χ0) is 21.3. The Kier molecular flexibility index (Phi) is 5.54. The number of hydrogen-bond acceptors (Lipinski definition) is 2. The second-order valence-corrected chi connectivity index (χ2v) is 8.51. The summed E-state index contributed by atoms with van der Waals surface area (Å²) in [7, 11) is 0. The van der Waals surface area contributed by atoms with Crippen LogP contribution in [0.4, 0.5) is 0 Å². The van der Waals surface area contributed by atoms with Crippen molar-refractivity contribution >= 4 is 0 Å². The van der Waals surface area contributed by atoms with Crippen molar-refractivity contribution in [2.24, 2.45) is 0 Å². The van der Waals surface area contributed by atoms with E-state index in [1.54, 1.807) is 0 Å². The monoisotopic (exact) mass is 395 g/mol. The molecule has 0 saturated heterocycles. The molecule has 3 heteroatoms. The van der Waals surface area contributed by atoms with Crippen LogP contribution in [0.3, 0.4) is 0 Å². The molecule has 0 amide bonds. The van der Waals surface area contributed by atoms with Gasteiger partial charge < -0.3 is 0 Å². The number of aryl methyl sites for hydroxylation is 1. The molecular formula is C27H29N3. The average molecular weight is 396 g/mol. The summed E-state index contributed by atoms with van der Waals surface area (Å²) in [5, 5.41) is 9.36. The van der Waals surface area contributed by atoms with Crippen molar-refractivity contribution in [3.8, 4) is 28.5 Å². The van der Waals surface area contributed by atoms with Crippen LogP contribution in [0.1, 0.15) is 56.2 Å². The van der Waals surface area contributed by atoms with E-state index in [1.165, 1.54) is 22.4 Å². The summed E-state index contributed by atoms with van der Waals surface area (Å²) >= 11 is 0. The van der Waals surface area contributed by atoms with Crippen LogP contribution in [0.5, 0.6) is 0 Å². The minimum Gasteiger partial charge on any atom is -0.274 e. The van der Waals surface area contributed by atoms with Gasteiger partial charge in [0, 0.05) is 11.1 Å². The fourth-order valence-corrected chi connectivity index (χ4v) is 3.93. The Morgan fingerprint density at radius 3 is 1.60 bits per heavy atom. The molecule has 0 atom stereocenters. The third-order valence-corrected chi connectivity index (χ3v) is 5.57. The molecule has 4 aromatic rings. The summed E-state index contributed by atoms with van der Waals surface area (Å²) < 4.78 is 2.27. The topological polar surface area (TPSA) is 30.7 Å². The van der Waals surface area contributed by atoms with Gasteiger partial charge in [0.2, 0.25) is 0 Å². The van der Waals surface area contributed by atoms with Gasteiger partial charge >= 0.3 is 0 Å². The second kappa shape index (κ2) is 8.27. The predicted octanol–water partition coefficient (Wildman–Crippen LogP) is 7.16. The molecule has 0 unspecified atom stereocenters. The first kappa shape index (κ1) is 20.1. The molecule has 0 N–H and O–H groups in total. The molecule has 0 saturated carbocycles. The Morgan fingerprint density at radius 2 is 1.10 bits per heavy atom. The molecule has 1 heterocycles. The number of benzene rings is 3. The molecule has 30 heavy (non-hydrogen) atoms. The van der Waals surface area contributed by atoms with Gasteiger partial charge in [-0.3, -0.25) is 4.57 Å². The first-order valence-electron chi connectivity index (χ1n) is 10.7. The fraction of sp³-hybridized carbons (Fsp3) is 0.259. The van der Waals surface area contributed by atoms with E-state index in [2.05, 4.69) is 116 Å². The molecule has 0 bridgehead atoms. The van der Waals surface area contributed by atoms with Crippen LogP contribution in [0, 0.1) is 6.92 Å². The highest BCUT2D eigenvalue weighted by Crippen LogP contribution is 2.37. The smallest absolute Gasteiger partial charge is 0.168 e. The highest BCUT2D eigenvalue weighted by Gasteiger charge is 2.23. The molecule has 1 aromatic heterocycles. The Labute approximate surface area is 179 Å². The number of para-hydroxylation sites is 1. The Balaban J connectivity index is 2.08. The molecule has 0 aliphatic carbocycles. The molecule has 0 spiro atoms. The second-order valence-electron chi connectivity index (χ2n) is 8.51. The molecule has 0 fully saturated rings. The van der Waals surface area contributed by atoms with Crippen molar-refractivity contribution in [1.82, 2.24) is 14.8 Å². The summed E-state index contributed by atoms with van der Waals surface area (Å²) in [5.41, 5.74) is 7.21. The maximum absolute atomic E-state index is 4.68. The van der Waals surface area contributed by atoms with Crippen molar-refractivity contribution in [3.05, 3.63) is 89.5 Å². The van der Waals surface area contributed by atoms with E-state index in [1.807, 2.05) is 6.07 Å². The summed E-state index contributed by atoms with van der Waals surface area (Å²) in [4.78, 5) is 0. The average Bonchev–Trinajstić information content (AvgIpc) is 3.19. The van der Waals surface area contributed by atoms with E-state index in [-0.39, 0.29) is 0 Å². The lowest BCUT2D eigenvalue weighted by molar-refractivity contribution is 0.807. The van der Waals surface area contributed by atoms with Gasteiger partial charge in [-0.1, -0.05) is 106 Å². The summed E-state index contributed by atoms with van der Waals surface area (Å²) in [6.45, 7) is 11.1. The van der Waals surface area contributed by atoms with E-state index < -0.39 is 0 Å². The Hall–Kier alpha value is -3.20. The summed E-state index contributed by atoms with van der Waals surface area (Å²) in [6, 6.07) is 25.5. The summed E-state index contributed by atoms with van der Waals surface area (Å²) in [5.74, 6) is 2.52. The lowest BCUT2D eigenvalue weighted by Crippen LogP contribution is -2.10. The van der Waals surface area contributed by atoms with Gasteiger partial charge in [-0.15, -0.1) is 10.2 Å². The Morgan fingerprint density at radius 1 is 0.600 bits per heavy atom. The third kappa shape index (κ3) is 3.68. The van der Waals surface area contributed by atoms with Gasteiger partial charge in [0.05, 0.1) is 5.69 Å². The number of nitrogens with zero attached hydrogens (tertiary/aromatic N) is 3. The Bertz CT molecular complexity index is 1110. The fourth-order valence-electron chi connectivity index (χ4n) is 3.93. The highest BCUT2D eigenvalue weighted by atomic mass is 15.3. The number of aromatic nitrogens is 3. The predicted molar refractivity (Wildman–Crippen MR) is 125 cm³/mol. The number of hydrogen-bond donors (Lipinski definition) is 0. The maximum atomic E-state index is 4.68. The highest BCUT2D eigenvalue weighted by molar-refractivity contribution is 5.69. The van der Waals surface area contributed by atoms with Crippen LogP contribution in [-0.2, 0) is 0 Å². The molecule has 3 aromatic carbocycles. The molecule has 0 radical (unpaired) electrons. The quantitative estimate of drug-likeness (QED) is 0.359. The molecule has 0 aliphatic rings. The van der Waals surface area contributed by atoms with E-state index in [9.17, 15) is 0 Å². The van der Waals surface area contributed by atoms with Crippen molar-refractivity contribution in [2.75, 3.05) is 0 Å². The summed E-state index contributed by atoms with van der Waals surface area (Å²) in [6.07, 6.45) is 0. The third-order valence-electron chi connectivity index (χ3n) is 5.57. The first-order valence-corrected chi connectivity index (χ1v) is 10.7. The minimum absolute atomic E-state index is 0.385. The first-order chi connectivity index (χ1) is 14.5. The van der Waals surface area contributed by atoms with Crippen LogP contribution in [0.25, 0.3) is 28.5 Å². The standard InChI is InChI=1S/C27H29N3/c1-18(2)23-12-9-13-24(19(3)4)25(23)30-26(21-10-7-6-8-11-21)28-29-27(30)22-16-14-20(5)15-17-22/h6-19H,1-5H3. The minimum atomic E-state index is 0.385. The van der Waals surface area contributed by atoms with Crippen LogP contribution in [-0.4, -0.2) is 14.8 Å². The van der Waals surface area contributed by atoms with Crippen LogP contribution in [0.15, 0.2) is 72.8 Å². The maximum Gasteiger partial charge on any atom is 0.168 e. The van der Waals surface area contributed by atoms with Crippen LogP contribution in [0.2, 0.25) is 0 Å². The SMILES string of the molecule is Cc1ccc(-c2nnc(-c3ccccc3)n2-c2c(C(C)C)cccc2C(C)C)cc1. The van der Waals surface area contributed by atoms with Crippen molar-refractivity contribution in [2.45, 2.75) is 46.5 Å². The molecule has 0 aliphatic heterocycles. The van der Waals surface area contributed by atoms with Gasteiger partial charge in [-0.25, -0.2) is 0 Å². The van der Waals surface area contributed by atoms with Crippen LogP contribution < -0.4 is 0 Å². The largest absolute Gasteiger partial charge is 0.274 e. The van der Waals surface area contributed by atoms with E-state index in [4.69, 9.17) is 0 Å². The van der Waals surface area contributed by atoms with Gasteiger partial charge in [-0.2, -0.15) is 0 Å². The van der Waals surface area contributed by atoms with Gasteiger partial charge in [-0.05, 0) is 29.9 Å². The van der Waals surface area contributed by atoms with Gasteiger partial charge in [0.25, 0.3) is 0 Å². The lowest BCUT2D eigenvalue weighted by Gasteiger charge is -2.23. The van der Waals surface area contributed by atoms with E-state index in [0.29, 0.717) is 11.8 Å². The lowest BCUT2D eigenvalue weighted by atomic mass is 9.92. The molecule has 3 nitrogen and oxygen atoms in total. The normalized spacial score (nSPS) is 11.4. The van der Waals surface area contributed by atoms with Gasteiger partial charge in [0.15, 0.2) is 11.6 Å². The molecule has 4 rings (SSSR count). The van der Waals surface area contributed by atoms with Crippen molar-refractivity contribution in [1.29, 1.82) is 0 Å². The van der Waals surface area contributed by atoms with Crippen molar-refractivity contribution in [3.63, 3.8) is 0 Å². The number of rotatable bonds is 5. The van der Waals surface area contributed by atoms with Crippen molar-refractivity contribution < 1.29 is 0 Å². The molecule has 152 valence electrons. The van der Waals surface area contributed by atoms with Gasteiger partial charge in [0.1, 0.15) is 0 Å². The zero-order valence-corrected chi connectivity index (χ0v) is 18.4. The van der Waals surface area contributed by atoms with E-state index in [0.717, 1.165) is 22.8 Å². The van der Waals surface area contributed by atoms with E-state index >= 15 is 0 Å².